The summed E-state index contributed by atoms with van der Waals surface area (Å²) in [5.74, 6) is 3.82. The van der Waals surface area contributed by atoms with Gasteiger partial charge in [0.05, 0.1) is 30.7 Å². The molecular formula is C51H59FN4O7. The number of carbonyl (C=O) groups excluding carboxylic acids is 2. The third-order valence-corrected chi connectivity index (χ3v) is 12.4. The minimum atomic E-state index is -0.588. The summed E-state index contributed by atoms with van der Waals surface area (Å²) >= 11 is 0. The molecule has 9 rings (SSSR count). The molecule has 4 N–H and O–H groups in total. The SMILES string of the molecule is COc1ccc(C(CN(C)C)C2(O)CCCCC2)cc1.Fc1ccc([C@@H]2CCNC[C@H]2COc2ccc3c(c2)OCO3)cc1.NC(=O)N1c2ccccc2CC(=O)c2ccccc21. The standard InChI is InChI=1S/C19H20FNO3.C17H27NO2.C15H12N2O2/c20-15-3-1-13(2-4-15)17-7-8-21-10-14(17)11-22-16-5-6-18-19(9-16)24-12-23-18;1-18(2)13-16(17(19)11-5-4-6-12-17)14-7-9-15(20-3)10-8-14;16-15(19)17-12-7-3-1-5-10(12)9-14(18)11-6-2-4-8-13(11)17/h1-6,9,14,17,21H,7-8,10-12H2;7-10,16,19H,4-6,11-13H2,1-3H3;1-8H,9H2,(H2,16,19)/t14-,17-;;/m0../s1. The van der Waals surface area contributed by atoms with Crippen molar-refractivity contribution in [2.45, 2.75) is 62.4 Å². The second-order valence-corrected chi connectivity index (χ2v) is 16.9. The number of aliphatic hydroxyl groups is 1. The van der Waals surface area contributed by atoms with E-state index in [1.54, 1.807) is 37.4 Å². The van der Waals surface area contributed by atoms with Crippen LogP contribution in [0.15, 0.2) is 115 Å². The van der Waals surface area contributed by atoms with Gasteiger partial charge in [-0.25, -0.2) is 9.18 Å². The molecular weight excluding hydrogens is 800 g/mol. The zero-order valence-electron chi connectivity index (χ0n) is 36.4. The van der Waals surface area contributed by atoms with E-state index in [0.29, 0.717) is 35.4 Å². The van der Waals surface area contributed by atoms with Gasteiger partial charge in [-0.05, 0) is 117 Å². The molecule has 5 aromatic carbocycles. The summed E-state index contributed by atoms with van der Waals surface area (Å²) in [6.45, 7) is 3.62. The number of Topliss-reactive ketones (excluding diaryl/α,β-unsaturated/α-hetero) is 1. The Hall–Kier alpha value is -5.95. The van der Waals surface area contributed by atoms with Gasteiger partial charge in [0.25, 0.3) is 0 Å². The van der Waals surface area contributed by atoms with Crippen molar-refractivity contribution in [3.05, 3.63) is 143 Å². The third-order valence-electron chi connectivity index (χ3n) is 12.4. The van der Waals surface area contributed by atoms with Crippen molar-refractivity contribution in [1.82, 2.24) is 10.2 Å². The summed E-state index contributed by atoms with van der Waals surface area (Å²) in [6.07, 6.45) is 6.65. The molecule has 0 aromatic heterocycles. The van der Waals surface area contributed by atoms with Crippen LogP contribution in [0.3, 0.4) is 0 Å². The van der Waals surface area contributed by atoms with Gasteiger partial charge in [-0.15, -0.1) is 0 Å². The predicted octanol–water partition coefficient (Wildman–Crippen LogP) is 9.00. The highest BCUT2D eigenvalue weighted by molar-refractivity contribution is 6.11. The first-order valence-corrected chi connectivity index (χ1v) is 21.8. The van der Waals surface area contributed by atoms with E-state index in [-0.39, 0.29) is 30.7 Å². The van der Waals surface area contributed by atoms with Gasteiger partial charge in [-0.3, -0.25) is 9.69 Å². The highest BCUT2D eigenvalue weighted by Gasteiger charge is 2.39. The smallest absolute Gasteiger partial charge is 0.323 e. The fraction of sp³-hybridized carbons (Fsp3) is 0.373. The van der Waals surface area contributed by atoms with Crippen LogP contribution < -0.4 is 34.9 Å². The van der Waals surface area contributed by atoms with Crippen LogP contribution in [0.2, 0.25) is 0 Å². The molecule has 3 atom stereocenters. The Balaban J connectivity index is 0.000000143. The number of para-hydroxylation sites is 2. The van der Waals surface area contributed by atoms with Crippen molar-refractivity contribution in [2.24, 2.45) is 11.7 Å². The molecule has 0 radical (unpaired) electrons. The van der Waals surface area contributed by atoms with E-state index in [2.05, 4.69) is 36.4 Å². The molecule has 1 saturated heterocycles. The van der Waals surface area contributed by atoms with E-state index in [0.717, 1.165) is 80.3 Å². The number of benzene rings is 5. The number of amides is 2. The highest BCUT2D eigenvalue weighted by atomic mass is 19.1. The average Bonchev–Trinajstić information content (AvgIpc) is 3.73. The van der Waals surface area contributed by atoms with Gasteiger partial charge >= 0.3 is 6.03 Å². The number of urea groups is 1. The highest BCUT2D eigenvalue weighted by Crippen LogP contribution is 2.41. The maximum atomic E-state index is 13.2. The molecule has 4 aliphatic rings. The number of nitrogens with zero attached hydrogens (tertiary/aromatic N) is 2. The molecule has 11 nitrogen and oxygen atoms in total. The second-order valence-electron chi connectivity index (χ2n) is 16.9. The molecule has 1 saturated carbocycles. The second kappa shape index (κ2) is 20.9. The van der Waals surface area contributed by atoms with Crippen molar-refractivity contribution >= 4 is 23.2 Å². The van der Waals surface area contributed by atoms with Crippen LogP contribution in [-0.2, 0) is 6.42 Å². The molecule has 332 valence electrons. The van der Waals surface area contributed by atoms with E-state index < -0.39 is 11.6 Å². The number of nitrogens with two attached hydrogens (primary N) is 1. The Morgan fingerprint density at radius 3 is 2.30 bits per heavy atom. The van der Waals surface area contributed by atoms with Crippen molar-refractivity contribution < 1.29 is 38.0 Å². The van der Waals surface area contributed by atoms with Crippen molar-refractivity contribution in [3.8, 4) is 23.0 Å². The van der Waals surface area contributed by atoms with Crippen molar-refractivity contribution in [2.75, 3.05) is 59.1 Å². The van der Waals surface area contributed by atoms with Gasteiger partial charge in [0, 0.05) is 43.0 Å². The van der Waals surface area contributed by atoms with Crippen LogP contribution in [0.1, 0.15) is 77.4 Å². The summed E-state index contributed by atoms with van der Waals surface area (Å²) in [5.41, 5.74) is 9.87. The number of methoxy groups -OCH3 is 1. The number of rotatable bonds is 9. The number of likely N-dealkylation sites (N-methyl/N-ethyl adjacent to an activating group) is 1. The molecule has 3 aliphatic heterocycles. The molecule has 1 aliphatic carbocycles. The number of hydrogen-bond donors (Lipinski definition) is 3. The van der Waals surface area contributed by atoms with Gasteiger partial charge in [0.15, 0.2) is 17.3 Å². The lowest BCUT2D eigenvalue weighted by atomic mass is 9.72. The number of ketones is 1. The van der Waals surface area contributed by atoms with Crippen LogP contribution >= 0.6 is 0 Å². The topological polar surface area (TPSA) is 136 Å². The number of hydrogen-bond acceptors (Lipinski definition) is 9. The number of anilines is 2. The minimum absolute atomic E-state index is 0.00759. The largest absolute Gasteiger partial charge is 0.497 e. The molecule has 5 aromatic rings. The first-order valence-electron chi connectivity index (χ1n) is 21.8. The lowest BCUT2D eigenvalue weighted by Crippen LogP contribution is -2.42. The van der Waals surface area contributed by atoms with E-state index in [9.17, 15) is 19.1 Å². The lowest BCUT2D eigenvalue weighted by molar-refractivity contribution is -0.0277. The molecule has 2 amide bonds. The molecule has 0 bridgehead atoms. The summed E-state index contributed by atoms with van der Waals surface area (Å²) in [7, 11) is 5.83. The summed E-state index contributed by atoms with van der Waals surface area (Å²) in [4.78, 5) is 27.6. The van der Waals surface area contributed by atoms with Crippen molar-refractivity contribution in [1.29, 1.82) is 0 Å². The Bertz CT molecular complexity index is 2300. The van der Waals surface area contributed by atoms with E-state index >= 15 is 0 Å². The van der Waals surface area contributed by atoms with Gasteiger partial charge in [0.1, 0.15) is 17.3 Å². The zero-order valence-corrected chi connectivity index (χ0v) is 36.4. The number of nitrogens with one attached hydrogen (secondary N) is 1. The number of halogens is 1. The fourth-order valence-electron chi connectivity index (χ4n) is 9.13. The first kappa shape index (κ1) is 45.1. The average molecular weight is 859 g/mol. The molecule has 12 heteroatoms. The maximum absolute atomic E-state index is 13.2. The lowest BCUT2D eigenvalue weighted by Gasteiger charge is -2.40. The van der Waals surface area contributed by atoms with Crippen molar-refractivity contribution in [3.63, 3.8) is 0 Å². The predicted molar refractivity (Wildman–Crippen MR) is 243 cm³/mol. The normalized spacial score (nSPS) is 18.9. The number of ether oxygens (including phenoxy) is 4. The van der Waals surface area contributed by atoms with E-state index in [4.69, 9.17) is 24.7 Å². The number of primary amides is 1. The first-order chi connectivity index (χ1) is 30.5. The summed E-state index contributed by atoms with van der Waals surface area (Å²) < 4.78 is 35.1. The van der Waals surface area contributed by atoms with Crippen LogP contribution in [0.25, 0.3) is 0 Å². The van der Waals surface area contributed by atoms with Crippen LogP contribution in [0.4, 0.5) is 20.6 Å². The molecule has 2 fully saturated rings. The number of carbonyl (C=O) groups is 2. The van der Waals surface area contributed by atoms with Gasteiger partial charge in [-0.2, -0.15) is 0 Å². The van der Waals surface area contributed by atoms with E-state index in [1.807, 2.05) is 60.7 Å². The Morgan fingerprint density at radius 2 is 1.59 bits per heavy atom. The number of piperidine rings is 1. The Kier molecular flexibility index (Phi) is 15.0. The Labute approximate surface area is 369 Å². The Morgan fingerprint density at radius 1 is 0.905 bits per heavy atom. The van der Waals surface area contributed by atoms with Crippen LogP contribution in [-0.4, -0.2) is 81.7 Å². The minimum Gasteiger partial charge on any atom is -0.497 e. The maximum Gasteiger partial charge on any atom is 0.323 e. The van der Waals surface area contributed by atoms with Gasteiger partial charge in [0.2, 0.25) is 6.79 Å². The monoisotopic (exact) mass is 858 g/mol. The zero-order chi connectivity index (χ0) is 44.3. The number of fused-ring (bicyclic) bond motifs is 3. The summed E-state index contributed by atoms with van der Waals surface area (Å²) in [5, 5.41) is 14.5. The molecule has 1 unspecified atom stereocenters. The van der Waals surface area contributed by atoms with Gasteiger partial charge in [-0.1, -0.05) is 73.9 Å². The van der Waals surface area contributed by atoms with Crippen LogP contribution in [0.5, 0.6) is 23.0 Å². The van der Waals surface area contributed by atoms with Gasteiger partial charge < -0.3 is 40.0 Å². The quantitative estimate of drug-likeness (QED) is 0.133. The molecule has 3 heterocycles. The fourth-order valence-corrected chi connectivity index (χ4v) is 9.13. The molecule has 63 heavy (non-hydrogen) atoms. The third kappa shape index (κ3) is 11.2. The summed E-state index contributed by atoms with van der Waals surface area (Å²) in [6, 6.07) is 34.4. The van der Waals surface area contributed by atoms with E-state index in [1.165, 1.54) is 34.6 Å². The molecule has 0 spiro atoms. The van der Waals surface area contributed by atoms with Crippen LogP contribution in [0, 0.1) is 11.7 Å².